The van der Waals surface area contributed by atoms with Gasteiger partial charge in [-0.1, -0.05) is 20.3 Å². The molecule has 3 rings (SSSR count). The summed E-state index contributed by atoms with van der Waals surface area (Å²) in [7, 11) is 0. The smallest absolute Gasteiger partial charge is 0.311 e. The Kier molecular flexibility index (Phi) is 10.6. The van der Waals surface area contributed by atoms with E-state index < -0.39 is 11.5 Å². The molecule has 0 spiro atoms. The van der Waals surface area contributed by atoms with Crippen molar-refractivity contribution in [3.05, 3.63) is 0 Å². The number of aliphatic hydroxyl groups excluding tert-OH is 1. The fourth-order valence-electron chi connectivity index (χ4n) is 6.31. The number of hydrogen-bond acceptors (Lipinski definition) is 8. The summed E-state index contributed by atoms with van der Waals surface area (Å²) in [5.74, 6) is 1.72. The summed E-state index contributed by atoms with van der Waals surface area (Å²) in [5, 5.41) is 10.4. The predicted molar refractivity (Wildman–Crippen MR) is 139 cm³/mol. The standard InChI is InChI=1S/C28H46O7S/c1-6-28(4,5)27(32)35-24-16-22(36-12-11-33-18(3)29)13-19-8-7-17(2)23(26(19)24)10-9-21-14-20(30)15-25(31)34-21/h17,19-24,26,30H,6-16H2,1-5H3/t17-,19-,20+,21+,22-,23-,24-,26-/m0/s1. The van der Waals surface area contributed by atoms with E-state index in [1.807, 2.05) is 32.5 Å². The van der Waals surface area contributed by atoms with Crippen LogP contribution in [0.2, 0.25) is 0 Å². The summed E-state index contributed by atoms with van der Waals surface area (Å²) in [6.45, 7) is 10.1. The van der Waals surface area contributed by atoms with Crippen LogP contribution in [0.4, 0.5) is 0 Å². The van der Waals surface area contributed by atoms with E-state index in [9.17, 15) is 19.5 Å². The molecule has 1 N–H and O–H groups in total. The number of carbonyl (C=O) groups excluding carboxylic acids is 3. The van der Waals surface area contributed by atoms with Gasteiger partial charge in [0.2, 0.25) is 0 Å². The topological polar surface area (TPSA) is 99.1 Å². The summed E-state index contributed by atoms with van der Waals surface area (Å²) in [6, 6.07) is 0. The molecular formula is C28H46O7S. The molecule has 1 heterocycles. The van der Waals surface area contributed by atoms with E-state index in [0.29, 0.717) is 41.9 Å². The first kappa shape index (κ1) is 29.3. The number of ether oxygens (including phenoxy) is 3. The zero-order valence-electron chi connectivity index (χ0n) is 22.7. The molecule has 8 heteroatoms. The van der Waals surface area contributed by atoms with Crippen molar-refractivity contribution in [2.24, 2.45) is 29.1 Å². The quantitative estimate of drug-likeness (QED) is 0.243. The number of carbonyl (C=O) groups is 3. The molecule has 0 aromatic rings. The molecule has 1 aliphatic heterocycles. The molecule has 206 valence electrons. The first-order chi connectivity index (χ1) is 17.0. The van der Waals surface area contributed by atoms with Gasteiger partial charge in [0.05, 0.1) is 17.9 Å². The van der Waals surface area contributed by atoms with Crippen LogP contribution in [0.5, 0.6) is 0 Å². The van der Waals surface area contributed by atoms with Crippen molar-refractivity contribution in [2.45, 2.75) is 116 Å². The van der Waals surface area contributed by atoms with Crippen molar-refractivity contribution in [1.82, 2.24) is 0 Å². The number of esters is 3. The highest BCUT2D eigenvalue weighted by Gasteiger charge is 2.48. The fourth-order valence-corrected chi connectivity index (χ4v) is 7.54. The highest BCUT2D eigenvalue weighted by molar-refractivity contribution is 7.99. The maximum absolute atomic E-state index is 13.2. The lowest BCUT2D eigenvalue weighted by atomic mass is 9.59. The minimum Gasteiger partial charge on any atom is -0.465 e. The van der Waals surface area contributed by atoms with Crippen LogP contribution in [0.1, 0.15) is 92.4 Å². The van der Waals surface area contributed by atoms with Crippen LogP contribution in [0.25, 0.3) is 0 Å². The van der Waals surface area contributed by atoms with Crippen molar-refractivity contribution in [2.75, 3.05) is 12.4 Å². The maximum atomic E-state index is 13.2. The molecule has 2 aliphatic carbocycles. The number of rotatable bonds is 10. The van der Waals surface area contributed by atoms with Crippen LogP contribution in [0.3, 0.4) is 0 Å². The second kappa shape index (κ2) is 13.0. The third-order valence-electron chi connectivity index (χ3n) is 8.75. The largest absolute Gasteiger partial charge is 0.465 e. The lowest BCUT2D eigenvalue weighted by Gasteiger charge is -2.50. The molecule has 7 nitrogen and oxygen atoms in total. The Morgan fingerprint density at radius 3 is 2.58 bits per heavy atom. The maximum Gasteiger partial charge on any atom is 0.311 e. The normalized spacial score (nSPS) is 34.9. The Bertz CT molecular complexity index is 769. The van der Waals surface area contributed by atoms with Crippen molar-refractivity contribution < 1.29 is 33.7 Å². The second-order valence-corrected chi connectivity index (χ2v) is 13.2. The molecule has 2 saturated carbocycles. The van der Waals surface area contributed by atoms with Gasteiger partial charge < -0.3 is 19.3 Å². The summed E-state index contributed by atoms with van der Waals surface area (Å²) in [5.41, 5.74) is -0.521. The van der Waals surface area contributed by atoms with E-state index in [1.165, 1.54) is 6.92 Å². The van der Waals surface area contributed by atoms with Gasteiger partial charge in [-0.2, -0.15) is 11.8 Å². The number of cyclic esters (lactones) is 1. The lowest BCUT2D eigenvalue weighted by molar-refractivity contribution is -0.172. The van der Waals surface area contributed by atoms with E-state index in [-0.39, 0.29) is 36.5 Å². The zero-order valence-corrected chi connectivity index (χ0v) is 23.5. The average Bonchev–Trinajstić information content (AvgIpc) is 2.80. The first-order valence-corrected chi connectivity index (χ1v) is 14.9. The number of fused-ring (bicyclic) bond motifs is 1. The molecule has 0 radical (unpaired) electrons. The van der Waals surface area contributed by atoms with Gasteiger partial charge in [0.1, 0.15) is 18.8 Å². The average molecular weight is 527 g/mol. The van der Waals surface area contributed by atoms with Crippen molar-refractivity contribution in [3.63, 3.8) is 0 Å². The highest BCUT2D eigenvalue weighted by atomic mass is 32.2. The first-order valence-electron chi connectivity index (χ1n) is 13.8. The predicted octanol–water partition coefficient (Wildman–Crippen LogP) is 4.92. The molecule has 1 saturated heterocycles. The van der Waals surface area contributed by atoms with E-state index in [2.05, 4.69) is 6.92 Å². The Morgan fingerprint density at radius 2 is 1.92 bits per heavy atom. The van der Waals surface area contributed by atoms with Crippen molar-refractivity contribution >= 4 is 29.7 Å². The van der Waals surface area contributed by atoms with Crippen LogP contribution in [0.15, 0.2) is 0 Å². The van der Waals surface area contributed by atoms with Gasteiger partial charge in [-0.25, -0.2) is 0 Å². The Hall–Kier alpha value is -1.28. The monoisotopic (exact) mass is 526 g/mol. The number of hydrogen-bond donors (Lipinski definition) is 1. The molecule has 0 aromatic heterocycles. The fraction of sp³-hybridized carbons (Fsp3) is 0.893. The lowest BCUT2D eigenvalue weighted by Crippen LogP contribution is -2.49. The summed E-state index contributed by atoms with van der Waals surface area (Å²) in [4.78, 5) is 36.1. The van der Waals surface area contributed by atoms with Crippen LogP contribution in [-0.2, 0) is 28.6 Å². The van der Waals surface area contributed by atoms with E-state index in [4.69, 9.17) is 14.2 Å². The number of aliphatic hydroxyl groups is 1. The Labute approximate surface area is 220 Å². The van der Waals surface area contributed by atoms with Crippen LogP contribution in [0, 0.1) is 29.1 Å². The minimum atomic E-state index is -0.614. The second-order valence-electron chi connectivity index (χ2n) is 11.8. The van der Waals surface area contributed by atoms with Gasteiger partial charge in [-0.05, 0) is 70.1 Å². The Balaban J connectivity index is 1.72. The van der Waals surface area contributed by atoms with Crippen LogP contribution < -0.4 is 0 Å². The third kappa shape index (κ3) is 7.86. The molecule has 3 fully saturated rings. The molecule has 0 amide bonds. The van der Waals surface area contributed by atoms with Crippen molar-refractivity contribution in [1.29, 1.82) is 0 Å². The van der Waals surface area contributed by atoms with Gasteiger partial charge in [0.15, 0.2) is 0 Å². The molecule has 0 aromatic carbocycles. The van der Waals surface area contributed by atoms with E-state index in [0.717, 1.165) is 50.7 Å². The zero-order chi connectivity index (χ0) is 26.5. The summed E-state index contributed by atoms with van der Waals surface area (Å²) < 4.78 is 17.0. The van der Waals surface area contributed by atoms with Gasteiger partial charge in [0, 0.05) is 30.3 Å². The Morgan fingerprint density at radius 1 is 1.17 bits per heavy atom. The molecule has 3 aliphatic rings. The summed E-state index contributed by atoms with van der Waals surface area (Å²) in [6.07, 6.45) is 6.15. The third-order valence-corrected chi connectivity index (χ3v) is 10.0. The van der Waals surface area contributed by atoms with Gasteiger partial charge in [-0.15, -0.1) is 0 Å². The molecule has 0 unspecified atom stereocenters. The van der Waals surface area contributed by atoms with Gasteiger partial charge in [-0.3, -0.25) is 14.4 Å². The van der Waals surface area contributed by atoms with Gasteiger partial charge in [0.25, 0.3) is 0 Å². The SMILES string of the molecule is CCC(C)(C)C(=O)O[C@H]1C[C@@H](SCCOC(C)=O)C[C@@H]2CC[C@H](C)[C@H](CC[C@@H]3C[C@@H](O)CC(=O)O3)[C@H]21. The summed E-state index contributed by atoms with van der Waals surface area (Å²) >= 11 is 1.82. The van der Waals surface area contributed by atoms with Crippen molar-refractivity contribution in [3.8, 4) is 0 Å². The molecule has 0 bridgehead atoms. The molecule has 36 heavy (non-hydrogen) atoms. The van der Waals surface area contributed by atoms with Crippen LogP contribution in [-0.4, -0.2) is 58.9 Å². The minimum absolute atomic E-state index is 0.0861. The molecular weight excluding hydrogens is 480 g/mol. The van der Waals surface area contributed by atoms with Gasteiger partial charge >= 0.3 is 17.9 Å². The molecule has 8 atom stereocenters. The van der Waals surface area contributed by atoms with Crippen LogP contribution >= 0.6 is 11.8 Å². The number of thioether (sulfide) groups is 1. The van der Waals surface area contributed by atoms with E-state index in [1.54, 1.807) is 0 Å². The highest BCUT2D eigenvalue weighted by Crippen LogP contribution is 2.51. The van der Waals surface area contributed by atoms with E-state index >= 15 is 0 Å².